The van der Waals surface area contributed by atoms with Crippen molar-refractivity contribution < 1.29 is 13.6 Å². The van der Waals surface area contributed by atoms with Crippen LogP contribution in [0.5, 0.6) is 0 Å². The van der Waals surface area contributed by atoms with Gasteiger partial charge in [0.1, 0.15) is 11.9 Å². The molecule has 29 heavy (non-hydrogen) atoms. The van der Waals surface area contributed by atoms with Gasteiger partial charge >= 0.3 is 6.03 Å². The molecule has 6 nitrogen and oxygen atoms in total. The molecule has 0 fully saturated rings. The van der Waals surface area contributed by atoms with E-state index in [1.807, 2.05) is 60.7 Å². The van der Waals surface area contributed by atoms with Crippen molar-refractivity contribution in [2.24, 2.45) is 0 Å². The second-order valence-electron chi connectivity index (χ2n) is 6.26. The van der Waals surface area contributed by atoms with E-state index in [1.54, 1.807) is 0 Å². The zero-order valence-corrected chi connectivity index (χ0v) is 15.2. The largest absolute Gasteiger partial charge is 0.418 e. The highest BCUT2D eigenvalue weighted by Crippen LogP contribution is 2.25. The standard InChI is InChI=1S/C22H17FN4O2/c23-17-11-13-18(14-12-17)24-22(28)25-19(15-7-3-1-4-8-15)21-27-26-20(29-21)16-9-5-2-6-10-16/h1-14,19H,(H2,24,25,28)/t19-/m0/s1. The predicted octanol–water partition coefficient (Wildman–Crippen LogP) is 4.79. The molecule has 0 saturated heterocycles. The average Bonchev–Trinajstić information content (AvgIpc) is 3.25. The number of hydrogen-bond acceptors (Lipinski definition) is 4. The zero-order valence-electron chi connectivity index (χ0n) is 15.2. The predicted molar refractivity (Wildman–Crippen MR) is 107 cm³/mol. The number of urea groups is 1. The number of hydrogen-bond donors (Lipinski definition) is 2. The molecule has 0 aliphatic heterocycles. The normalized spacial score (nSPS) is 11.6. The van der Waals surface area contributed by atoms with E-state index in [9.17, 15) is 9.18 Å². The summed E-state index contributed by atoms with van der Waals surface area (Å²) in [5.41, 5.74) is 2.03. The molecule has 3 aromatic carbocycles. The van der Waals surface area contributed by atoms with Crippen LogP contribution in [0.3, 0.4) is 0 Å². The number of carbonyl (C=O) groups is 1. The maximum Gasteiger partial charge on any atom is 0.320 e. The van der Waals surface area contributed by atoms with Crippen molar-refractivity contribution in [2.75, 3.05) is 5.32 Å². The molecule has 1 heterocycles. The first kappa shape index (κ1) is 18.4. The van der Waals surface area contributed by atoms with E-state index in [1.165, 1.54) is 24.3 Å². The Hall–Kier alpha value is -4.00. The number of benzene rings is 3. The van der Waals surface area contributed by atoms with Crippen molar-refractivity contribution in [3.8, 4) is 11.5 Å². The van der Waals surface area contributed by atoms with E-state index in [0.717, 1.165) is 11.1 Å². The number of amides is 2. The van der Waals surface area contributed by atoms with E-state index < -0.39 is 12.1 Å². The second-order valence-corrected chi connectivity index (χ2v) is 6.26. The Balaban J connectivity index is 1.58. The lowest BCUT2D eigenvalue weighted by atomic mass is 10.1. The Morgan fingerprint density at radius 1 is 0.862 bits per heavy atom. The molecule has 2 amide bonds. The minimum atomic E-state index is -0.651. The van der Waals surface area contributed by atoms with E-state index in [0.29, 0.717) is 11.6 Å². The molecule has 0 spiro atoms. The van der Waals surface area contributed by atoms with Crippen LogP contribution < -0.4 is 10.6 Å². The summed E-state index contributed by atoms with van der Waals surface area (Å²) >= 11 is 0. The van der Waals surface area contributed by atoms with Gasteiger partial charge in [-0.05, 0) is 42.0 Å². The smallest absolute Gasteiger partial charge is 0.320 e. The van der Waals surface area contributed by atoms with E-state index in [-0.39, 0.29) is 11.7 Å². The van der Waals surface area contributed by atoms with Gasteiger partial charge < -0.3 is 15.1 Å². The third-order valence-electron chi connectivity index (χ3n) is 4.22. The number of carbonyl (C=O) groups excluding carboxylic acids is 1. The molecule has 2 N–H and O–H groups in total. The Labute approximate surface area is 166 Å². The van der Waals surface area contributed by atoms with Crippen molar-refractivity contribution in [2.45, 2.75) is 6.04 Å². The first-order chi connectivity index (χ1) is 14.2. The van der Waals surface area contributed by atoms with Gasteiger partial charge in [0.05, 0.1) is 0 Å². The van der Waals surface area contributed by atoms with E-state index >= 15 is 0 Å². The molecule has 0 aliphatic carbocycles. The van der Waals surface area contributed by atoms with Gasteiger partial charge in [-0.25, -0.2) is 9.18 Å². The summed E-state index contributed by atoms with van der Waals surface area (Å²) in [6, 6.07) is 23.1. The van der Waals surface area contributed by atoms with Crippen molar-refractivity contribution in [3.63, 3.8) is 0 Å². The van der Waals surface area contributed by atoms with Crippen LogP contribution in [0.1, 0.15) is 17.5 Å². The van der Waals surface area contributed by atoms with Crippen LogP contribution >= 0.6 is 0 Å². The molecule has 0 bridgehead atoms. The third kappa shape index (κ3) is 4.47. The molecule has 4 aromatic rings. The highest BCUT2D eigenvalue weighted by atomic mass is 19.1. The molecular weight excluding hydrogens is 371 g/mol. The molecule has 0 unspecified atom stereocenters. The Morgan fingerprint density at radius 2 is 1.52 bits per heavy atom. The summed E-state index contributed by atoms with van der Waals surface area (Å²) in [4.78, 5) is 12.5. The Morgan fingerprint density at radius 3 is 2.21 bits per heavy atom. The number of rotatable bonds is 5. The quantitative estimate of drug-likeness (QED) is 0.515. The lowest BCUT2D eigenvalue weighted by Crippen LogP contribution is -2.33. The van der Waals surface area contributed by atoms with E-state index in [2.05, 4.69) is 20.8 Å². The fraction of sp³-hybridized carbons (Fsp3) is 0.0455. The Bertz CT molecular complexity index is 1080. The Kier molecular flexibility index (Phi) is 5.29. The number of anilines is 1. The molecule has 1 aromatic heterocycles. The van der Waals surface area contributed by atoms with Crippen LogP contribution in [0, 0.1) is 5.82 Å². The monoisotopic (exact) mass is 388 g/mol. The van der Waals surface area contributed by atoms with Gasteiger partial charge in [-0.3, -0.25) is 0 Å². The summed E-state index contributed by atoms with van der Waals surface area (Å²) in [5.74, 6) is 0.240. The summed E-state index contributed by atoms with van der Waals surface area (Å²) in [6.45, 7) is 0. The van der Waals surface area contributed by atoms with Crippen LogP contribution in [-0.2, 0) is 0 Å². The molecule has 0 radical (unpaired) electrons. The lowest BCUT2D eigenvalue weighted by Gasteiger charge is -2.16. The zero-order chi connectivity index (χ0) is 20.1. The van der Waals surface area contributed by atoms with Gasteiger partial charge in [-0.1, -0.05) is 48.5 Å². The molecule has 0 aliphatic rings. The summed E-state index contributed by atoms with van der Waals surface area (Å²) in [5, 5.41) is 13.7. The summed E-state index contributed by atoms with van der Waals surface area (Å²) < 4.78 is 18.9. The number of aromatic nitrogens is 2. The van der Waals surface area contributed by atoms with Crippen molar-refractivity contribution in [3.05, 3.63) is 102 Å². The maximum atomic E-state index is 13.1. The number of nitrogens with one attached hydrogen (secondary N) is 2. The molecular formula is C22H17FN4O2. The van der Waals surface area contributed by atoms with Crippen LogP contribution in [0.4, 0.5) is 14.9 Å². The number of halogens is 1. The van der Waals surface area contributed by atoms with Gasteiger partial charge in [0.2, 0.25) is 11.8 Å². The highest BCUT2D eigenvalue weighted by molar-refractivity contribution is 5.89. The molecule has 7 heteroatoms. The molecule has 0 saturated carbocycles. The summed E-state index contributed by atoms with van der Waals surface area (Å²) in [6.07, 6.45) is 0. The average molecular weight is 388 g/mol. The van der Waals surface area contributed by atoms with Crippen LogP contribution in [0.15, 0.2) is 89.3 Å². The first-order valence-corrected chi connectivity index (χ1v) is 8.96. The van der Waals surface area contributed by atoms with Crippen LogP contribution in [0.25, 0.3) is 11.5 Å². The topological polar surface area (TPSA) is 80.0 Å². The molecule has 4 rings (SSSR count). The van der Waals surface area contributed by atoms with Crippen molar-refractivity contribution in [1.29, 1.82) is 0 Å². The minimum Gasteiger partial charge on any atom is -0.418 e. The molecule has 144 valence electrons. The molecule has 1 atom stereocenters. The van der Waals surface area contributed by atoms with Gasteiger partial charge in [-0.15, -0.1) is 10.2 Å². The third-order valence-corrected chi connectivity index (χ3v) is 4.22. The van der Waals surface area contributed by atoms with Gasteiger partial charge in [0, 0.05) is 11.3 Å². The minimum absolute atomic E-state index is 0.254. The van der Waals surface area contributed by atoms with Crippen molar-refractivity contribution >= 4 is 11.7 Å². The van der Waals surface area contributed by atoms with Crippen molar-refractivity contribution in [1.82, 2.24) is 15.5 Å². The first-order valence-electron chi connectivity index (χ1n) is 8.96. The highest BCUT2D eigenvalue weighted by Gasteiger charge is 2.23. The SMILES string of the molecule is O=C(Nc1ccc(F)cc1)N[C@@H](c1ccccc1)c1nnc(-c2ccccc2)o1. The lowest BCUT2D eigenvalue weighted by molar-refractivity contribution is 0.248. The van der Waals surface area contributed by atoms with Gasteiger partial charge in [-0.2, -0.15) is 0 Å². The van der Waals surface area contributed by atoms with Crippen LogP contribution in [0.2, 0.25) is 0 Å². The fourth-order valence-electron chi connectivity index (χ4n) is 2.81. The fourth-order valence-corrected chi connectivity index (χ4v) is 2.81. The maximum absolute atomic E-state index is 13.1. The second kappa shape index (κ2) is 8.35. The van der Waals surface area contributed by atoms with Gasteiger partial charge in [0.15, 0.2) is 0 Å². The summed E-state index contributed by atoms with van der Waals surface area (Å²) in [7, 11) is 0. The van der Waals surface area contributed by atoms with Crippen LogP contribution in [-0.4, -0.2) is 16.2 Å². The number of nitrogens with zero attached hydrogens (tertiary/aromatic N) is 2. The van der Waals surface area contributed by atoms with Gasteiger partial charge in [0.25, 0.3) is 0 Å². The van der Waals surface area contributed by atoms with E-state index in [4.69, 9.17) is 4.42 Å².